The number of hydrogen-bond donors (Lipinski definition) is 1. The predicted molar refractivity (Wildman–Crippen MR) is 82.6 cm³/mol. The first-order valence-electron chi connectivity index (χ1n) is 5.93. The van der Waals surface area contributed by atoms with Crippen LogP contribution in [0.4, 0.5) is 5.69 Å². The number of nitrogens with one attached hydrogen (secondary N) is 1. The summed E-state index contributed by atoms with van der Waals surface area (Å²) in [6.45, 7) is 6.65. The molecule has 0 bridgehead atoms. The minimum atomic E-state index is -0.174. The van der Waals surface area contributed by atoms with Crippen LogP contribution in [-0.2, 0) is 9.53 Å². The summed E-state index contributed by atoms with van der Waals surface area (Å²) < 4.78 is 6.16. The van der Waals surface area contributed by atoms with Gasteiger partial charge in [0.1, 0.15) is 0 Å². The summed E-state index contributed by atoms with van der Waals surface area (Å²) in [5.74, 6) is 0.192. The fourth-order valence-electron chi connectivity index (χ4n) is 1.51. The molecule has 18 heavy (non-hydrogen) atoms. The molecule has 0 saturated heterocycles. The Hall–Kier alpha value is -1.04. The van der Waals surface area contributed by atoms with Gasteiger partial charge in [-0.1, -0.05) is 13.8 Å². The lowest BCUT2D eigenvalue weighted by atomic mass is 10.0. The zero-order chi connectivity index (χ0) is 13.5. The SMILES string of the molecule is CCO/C=C/C(=O)Nc1ccc(I)cc1C(C)C. The van der Waals surface area contributed by atoms with E-state index in [9.17, 15) is 4.79 Å². The Kier molecular flexibility index (Phi) is 6.18. The van der Waals surface area contributed by atoms with E-state index >= 15 is 0 Å². The minimum Gasteiger partial charge on any atom is -0.501 e. The molecule has 0 aliphatic rings. The molecule has 1 aromatic carbocycles. The van der Waals surface area contributed by atoms with Crippen LogP contribution in [0.5, 0.6) is 0 Å². The zero-order valence-corrected chi connectivity index (χ0v) is 13.0. The van der Waals surface area contributed by atoms with E-state index in [1.807, 2.05) is 19.1 Å². The highest BCUT2D eigenvalue weighted by Crippen LogP contribution is 2.26. The van der Waals surface area contributed by atoms with Gasteiger partial charge in [-0.2, -0.15) is 0 Å². The molecule has 0 heterocycles. The topological polar surface area (TPSA) is 38.3 Å². The molecular formula is C14H18INO2. The number of hydrogen-bond acceptors (Lipinski definition) is 2. The fraction of sp³-hybridized carbons (Fsp3) is 0.357. The van der Waals surface area contributed by atoms with Gasteiger partial charge in [-0.15, -0.1) is 0 Å². The van der Waals surface area contributed by atoms with Crippen molar-refractivity contribution < 1.29 is 9.53 Å². The molecular weight excluding hydrogens is 341 g/mol. The van der Waals surface area contributed by atoms with Gasteiger partial charge in [0.15, 0.2) is 0 Å². The second kappa shape index (κ2) is 7.41. The molecule has 1 aromatic rings. The highest BCUT2D eigenvalue weighted by Gasteiger charge is 2.08. The summed E-state index contributed by atoms with van der Waals surface area (Å²) in [4.78, 5) is 11.7. The molecule has 1 rings (SSSR count). The Morgan fingerprint density at radius 2 is 2.22 bits per heavy atom. The van der Waals surface area contributed by atoms with Gasteiger partial charge in [0, 0.05) is 15.3 Å². The van der Waals surface area contributed by atoms with E-state index in [4.69, 9.17) is 4.74 Å². The third kappa shape index (κ3) is 4.68. The minimum absolute atomic E-state index is 0.174. The second-order valence-corrected chi connectivity index (χ2v) is 5.38. The first-order chi connectivity index (χ1) is 8.54. The van der Waals surface area contributed by atoms with Crippen LogP contribution in [0.15, 0.2) is 30.5 Å². The summed E-state index contributed by atoms with van der Waals surface area (Å²) in [7, 11) is 0. The van der Waals surface area contributed by atoms with Crippen LogP contribution < -0.4 is 5.32 Å². The average molecular weight is 359 g/mol. The van der Waals surface area contributed by atoms with Crippen LogP contribution in [-0.4, -0.2) is 12.5 Å². The lowest BCUT2D eigenvalue weighted by Gasteiger charge is -2.13. The highest BCUT2D eigenvalue weighted by molar-refractivity contribution is 14.1. The standard InChI is InChI=1S/C14H18INO2/c1-4-18-8-7-14(17)16-13-6-5-11(15)9-12(13)10(2)3/h5-10H,4H2,1-3H3,(H,16,17)/b8-7+. The van der Waals surface area contributed by atoms with Gasteiger partial charge in [-0.25, -0.2) is 0 Å². The first kappa shape index (κ1) is 15.0. The molecule has 98 valence electrons. The van der Waals surface area contributed by atoms with Gasteiger partial charge in [0.2, 0.25) is 0 Å². The Labute approximate surface area is 122 Å². The largest absolute Gasteiger partial charge is 0.501 e. The number of benzene rings is 1. The van der Waals surface area contributed by atoms with Crippen molar-refractivity contribution in [3.05, 3.63) is 39.7 Å². The van der Waals surface area contributed by atoms with E-state index < -0.39 is 0 Å². The van der Waals surface area contributed by atoms with Gasteiger partial charge < -0.3 is 10.1 Å². The van der Waals surface area contributed by atoms with Gasteiger partial charge in [0.05, 0.1) is 12.9 Å². The summed E-state index contributed by atoms with van der Waals surface area (Å²) in [6.07, 6.45) is 2.81. The first-order valence-corrected chi connectivity index (χ1v) is 7.01. The van der Waals surface area contributed by atoms with Gasteiger partial charge in [0.25, 0.3) is 5.91 Å². The lowest BCUT2D eigenvalue weighted by Crippen LogP contribution is -2.10. The van der Waals surface area contributed by atoms with E-state index in [-0.39, 0.29) is 5.91 Å². The van der Waals surface area contributed by atoms with Crippen molar-refractivity contribution in [1.29, 1.82) is 0 Å². The van der Waals surface area contributed by atoms with Crippen molar-refractivity contribution in [3.8, 4) is 0 Å². The van der Waals surface area contributed by atoms with Gasteiger partial charge in [-0.3, -0.25) is 4.79 Å². The Morgan fingerprint density at radius 1 is 1.50 bits per heavy atom. The van der Waals surface area contributed by atoms with E-state index in [1.165, 1.54) is 15.9 Å². The van der Waals surface area contributed by atoms with Crippen LogP contribution in [0.1, 0.15) is 32.3 Å². The maximum atomic E-state index is 11.7. The maximum absolute atomic E-state index is 11.7. The molecule has 0 fully saturated rings. The van der Waals surface area contributed by atoms with Crippen molar-refractivity contribution in [2.75, 3.05) is 11.9 Å². The molecule has 0 radical (unpaired) electrons. The van der Waals surface area contributed by atoms with Gasteiger partial charge >= 0.3 is 0 Å². The van der Waals surface area contributed by atoms with E-state index in [0.717, 1.165) is 11.3 Å². The molecule has 4 heteroatoms. The normalized spacial score (nSPS) is 10.9. The maximum Gasteiger partial charge on any atom is 0.251 e. The molecule has 0 aromatic heterocycles. The molecule has 0 unspecified atom stereocenters. The average Bonchev–Trinajstić information content (AvgIpc) is 2.31. The van der Waals surface area contributed by atoms with Crippen molar-refractivity contribution in [2.45, 2.75) is 26.7 Å². The number of amides is 1. The number of anilines is 1. The number of carbonyl (C=O) groups is 1. The molecule has 1 N–H and O–H groups in total. The van der Waals surface area contributed by atoms with Crippen LogP contribution in [0.3, 0.4) is 0 Å². The molecule has 0 atom stereocenters. The summed E-state index contributed by atoms with van der Waals surface area (Å²) in [5, 5.41) is 2.87. The summed E-state index contributed by atoms with van der Waals surface area (Å²) >= 11 is 2.27. The molecule has 0 aliphatic carbocycles. The Bertz CT molecular complexity index is 441. The number of rotatable bonds is 5. The Morgan fingerprint density at radius 3 is 2.83 bits per heavy atom. The van der Waals surface area contributed by atoms with E-state index in [0.29, 0.717) is 12.5 Å². The quantitative estimate of drug-likeness (QED) is 0.492. The van der Waals surface area contributed by atoms with Crippen molar-refractivity contribution >= 4 is 34.2 Å². The zero-order valence-electron chi connectivity index (χ0n) is 10.9. The number of halogens is 1. The fourth-order valence-corrected chi connectivity index (χ4v) is 2.02. The monoisotopic (exact) mass is 359 g/mol. The van der Waals surface area contributed by atoms with Gasteiger partial charge in [-0.05, 0) is 59.2 Å². The summed E-state index contributed by atoms with van der Waals surface area (Å²) in [6, 6.07) is 6.00. The molecule has 3 nitrogen and oxygen atoms in total. The van der Waals surface area contributed by atoms with Crippen LogP contribution in [0.2, 0.25) is 0 Å². The number of carbonyl (C=O) groups excluding carboxylic acids is 1. The van der Waals surface area contributed by atoms with Crippen molar-refractivity contribution in [1.82, 2.24) is 0 Å². The molecule has 0 aliphatic heterocycles. The third-order valence-corrected chi connectivity index (χ3v) is 3.05. The number of ether oxygens (including phenoxy) is 1. The van der Waals surface area contributed by atoms with E-state index in [2.05, 4.69) is 47.8 Å². The molecule has 0 spiro atoms. The van der Waals surface area contributed by atoms with E-state index in [1.54, 1.807) is 0 Å². The summed E-state index contributed by atoms with van der Waals surface area (Å²) in [5.41, 5.74) is 2.00. The van der Waals surface area contributed by atoms with Crippen LogP contribution in [0, 0.1) is 3.57 Å². The molecule has 0 saturated carbocycles. The predicted octanol–water partition coefficient (Wildman–Crippen LogP) is 3.90. The lowest BCUT2D eigenvalue weighted by molar-refractivity contribution is -0.112. The van der Waals surface area contributed by atoms with Crippen molar-refractivity contribution in [2.24, 2.45) is 0 Å². The van der Waals surface area contributed by atoms with Crippen LogP contribution >= 0.6 is 22.6 Å². The highest BCUT2D eigenvalue weighted by atomic mass is 127. The Balaban J connectivity index is 2.81. The second-order valence-electron chi connectivity index (χ2n) is 4.13. The third-order valence-electron chi connectivity index (χ3n) is 2.38. The smallest absolute Gasteiger partial charge is 0.251 e. The molecule has 1 amide bonds. The van der Waals surface area contributed by atoms with Crippen molar-refractivity contribution in [3.63, 3.8) is 0 Å². The van der Waals surface area contributed by atoms with Crippen LogP contribution in [0.25, 0.3) is 0 Å².